The number of rotatable bonds is 11. The van der Waals surface area contributed by atoms with Crippen molar-refractivity contribution in [3.05, 3.63) is 64.7 Å². The first-order valence-electron chi connectivity index (χ1n) is 11.5. The van der Waals surface area contributed by atoms with Gasteiger partial charge in [0.05, 0.1) is 6.04 Å². The highest BCUT2D eigenvalue weighted by molar-refractivity contribution is 5.91. The molecule has 11 nitrogen and oxygen atoms in total. The van der Waals surface area contributed by atoms with Crippen molar-refractivity contribution in [1.82, 2.24) is 15.5 Å². The molecule has 0 heterocycles. The van der Waals surface area contributed by atoms with Crippen molar-refractivity contribution in [3.8, 4) is 5.75 Å². The predicted molar refractivity (Wildman–Crippen MR) is 139 cm³/mol. The van der Waals surface area contributed by atoms with E-state index in [1.165, 1.54) is 11.8 Å². The Morgan fingerprint density at radius 2 is 1.53 bits per heavy atom. The Labute approximate surface area is 211 Å². The van der Waals surface area contributed by atoms with Crippen molar-refractivity contribution in [2.24, 2.45) is 17.2 Å². The molecule has 0 aliphatic heterocycles. The fourth-order valence-corrected chi connectivity index (χ4v) is 4.19. The van der Waals surface area contributed by atoms with Gasteiger partial charge in [-0.1, -0.05) is 30.3 Å². The normalized spacial score (nSPS) is 13.2. The molecule has 11 heteroatoms. The number of aromatic hydroxyl groups is 1. The molecule has 36 heavy (non-hydrogen) atoms. The predicted octanol–water partition coefficient (Wildman–Crippen LogP) is 0.200. The molecule has 2 aromatic carbocycles. The Morgan fingerprint density at radius 1 is 0.972 bits per heavy atom. The van der Waals surface area contributed by atoms with Gasteiger partial charge in [0.25, 0.3) is 0 Å². The molecule has 0 aliphatic carbocycles. The van der Waals surface area contributed by atoms with Gasteiger partial charge in [0.15, 0.2) is 11.9 Å². The lowest BCUT2D eigenvalue weighted by Gasteiger charge is -2.35. The van der Waals surface area contributed by atoms with Crippen LogP contribution >= 0.6 is 0 Å². The topological polar surface area (TPSA) is 207 Å². The third-order valence-electron chi connectivity index (χ3n) is 5.98. The van der Waals surface area contributed by atoms with Crippen molar-refractivity contribution in [2.45, 2.75) is 51.7 Å². The first-order chi connectivity index (χ1) is 16.9. The lowest BCUT2D eigenvalue weighted by Crippen LogP contribution is -2.59. The number of hydrogen-bond donors (Lipinski definition) is 8. The van der Waals surface area contributed by atoms with E-state index >= 15 is 0 Å². The van der Waals surface area contributed by atoms with E-state index in [1.54, 1.807) is 12.1 Å². The number of amides is 2. The highest BCUT2D eigenvalue weighted by atomic mass is 16.3. The molecule has 0 unspecified atom stereocenters. The maximum atomic E-state index is 13.8. The number of phenols is 1. The van der Waals surface area contributed by atoms with Gasteiger partial charge >= 0.3 is 0 Å². The number of nitrogens with one attached hydrogen (secondary N) is 4. The SMILES string of the molecule is Cc1cc(O)cc(C)c1C[C@H](NC(=N)N)C(=O)N(C[C@H](Cc1ccccc1)NC(=N)N)[C@H](C)C(N)=O. The van der Waals surface area contributed by atoms with Gasteiger partial charge in [0.1, 0.15) is 17.8 Å². The second-order valence-corrected chi connectivity index (χ2v) is 8.89. The van der Waals surface area contributed by atoms with E-state index in [0.717, 1.165) is 22.3 Å². The summed E-state index contributed by atoms with van der Waals surface area (Å²) in [5.41, 5.74) is 20.1. The number of carbonyl (C=O) groups is 2. The quantitative estimate of drug-likeness (QED) is 0.160. The minimum absolute atomic E-state index is 0.0149. The molecule has 2 amide bonds. The number of carbonyl (C=O) groups excluding carboxylic acids is 2. The zero-order valence-corrected chi connectivity index (χ0v) is 20.8. The van der Waals surface area contributed by atoms with Crippen LogP contribution in [-0.4, -0.2) is 58.4 Å². The first-order valence-corrected chi connectivity index (χ1v) is 11.5. The van der Waals surface area contributed by atoms with Gasteiger partial charge in [-0.3, -0.25) is 20.4 Å². The summed E-state index contributed by atoms with van der Waals surface area (Å²) in [6.07, 6.45) is 0.582. The molecule has 194 valence electrons. The van der Waals surface area contributed by atoms with E-state index in [0.29, 0.717) is 6.42 Å². The molecule has 0 bridgehead atoms. The number of phenolic OH excluding ortho intramolecular Hbond substituents is 1. The summed E-state index contributed by atoms with van der Waals surface area (Å²) >= 11 is 0. The van der Waals surface area contributed by atoms with Crippen LogP contribution in [0.4, 0.5) is 0 Å². The van der Waals surface area contributed by atoms with Crippen LogP contribution in [0.15, 0.2) is 42.5 Å². The van der Waals surface area contributed by atoms with Crippen molar-refractivity contribution in [2.75, 3.05) is 6.54 Å². The summed E-state index contributed by atoms with van der Waals surface area (Å²) in [4.78, 5) is 27.3. The summed E-state index contributed by atoms with van der Waals surface area (Å²) < 4.78 is 0. The Morgan fingerprint density at radius 3 is 2.03 bits per heavy atom. The van der Waals surface area contributed by atoms with Gasteiger partial charge in [0, 0.05) is 13.0 Å². The largest absolute Gasteiger partial charge is 0.508 e. The molecule has 0 saturated carbocycles. The Balaban J connectivity index is 2.42. The second-order valence-electron chi connectivity index (χ2n) is 8.89. The number of guanidine groups is 2. The third-order valence-corrected chi connectivity index (χ3v) is 5.98. The molecule has 2 rings (SSSR count). The summed E-state index contributed by atoms with van der Waals surface area (Å²) in [5.74, 6) is -1.77. The fraction of sp³-hybridized carbons (Fsp3) is 0.360. The van der Waals surface area contributed by atoms with Crippen LogP contribution in [0.3, 0.4) is 0 Å². The van der Waals surface area contributed by atoms with Crippen LogP contribution < -0.4 is 27.8 Å². The third kappa shape index (κ3) is 7.90. The van der Waals surface area contributed by atoms with Gasteiger partial charge in [-0.25, -0.2) is 0 Å². The van der Waals surface area contributed by atoms with Gasteiger partial charge < -0.3 is 37.8 Å². The van der Waals surface area contributed by atoms with E-state index in [-0.39, 0.29) is 24.7 Å². The van der Waals surface area contributed by atoms with E-state index in [1.807, 2.05) is 44.2 Å². The molecule has 0 aromatic heterocycles. The summed E-state index contributed by atoms with van der Waals surface area (Å²) in [6.45, 7) is 5.16. The van der Waals surface area contributed by atoms with Crippen molar-refractivity contribution < 1.29 is 14.7 Å². The van der Waals surface area contributed by atoms with E-state index in [2.05, 4.69) is 10.6 Å². The Bertz CT molecular complexity index is 1080. The fourth-order valence-electron chi connectivity index (χ4n) is 4.19. The number of nitrogens with two attached hydrogens (primary N) is 3. The van der Waals surface area contributed by atoms with E-state index in [4.69, 9.17) is 28.0 Å². The van der Waals surface area contributed by atoms with Crippen molar-refractivity contribution in [1.29, 1.82) is 10.8 Å². The average molecular weight is 497 g/mol. The highest BCUT2D eigenvalue weighted by Gasteiger charge is 2.33. The maximum Gasteiger partial charge on any atom is 0.246 e. The molecular weight excluding hydrogens is 460 g/mol. The molecule has 11 N–H and O–H groups in total. The van der Waals surface area contributed by atoms with Crippen LogP contribution in [0.1, 0.15) is 29.2 Å². The van der Waals surface area contributed by atoms with Crippen LogP contribution in [0, 0.1) is 24.7 Å². The lowest BCUT2D eigenvalue weighted by molar-refractivity contribution is -0.140. The monoisotopic (exact) mass is 496 g/mol. The molecule has 0 radical (unpaired) electrons. The average Bonchev–Trinajstić information content (AvgIpc) is 2.78. The van der Waals surface area contributed by atoms with E-state index in [9.17, 15) is 14.7 Å². The van der Waals surface area contributed by atoms with Gasteiger partial charge in [0.2, 0.25) is 11.8 Å². The standard InChI is InChI=1S/C25H36N8O3/c1-14-9-19(34)10-15(2)20(14)12-21(32-25(29)30)23(36)33(16(3)22(26)35)13-18(31-24(27)28)11-17-7-5-4-6-8-17/h4-10,16,18,21,34H,11-13H2,1-3H3,(H2,26,35)(H4,27,28,31)(H4,29,30,32)/t16-,18+,21+/m1/s1. The molecule has 3 atom stereocenters. The zero-order chi connectivity index (χ0) is 27.0. The van der Waals surface area contributed by atoms with Crippen LogP contribution in [-0.2, 0) is 22.4 Å². The Hall–Kier alpha value is -4.28. The minimum Gasteiger partial charge on any atom is -0.508 e. The lowest BCUT2D eigenvalue weighted by atomic mass is 9.94. The Kier molecular flexibility index (Phi) is 9.66. The summed E-state index contributed by atoms with van der Waals surface area (Å²) in [6, 6.07) is 10.2. The molecule has 2 aromatic rings. The van der Waals surface area contributed by atoms with Gasteiger partial charge in [-0.05, 0) is 61.6 Å². The molecule has 0 aliphatic rings. The number of benzene rings is 2. The molecule has 0 saturated heterocycles. The van der Waals surface area contributed by atoms with Crippen LogP contribution in [0.5, 0.6) is 5.75 Å². The number of nitrogens with zero attached hydrogens (tertiary/aromatic N) is 1. The van der Waals surface area contributed by atoms with Crippen molar-refractivity contribution >= 4 is 23.7 Å². The van der Waals surface area contributed by atoms with Crippen molar-refractivity contribution in [3.63, 3.8) is 0 Å². The highest BCUT2D eigenvalue weighted by Crippen LogP contribution is 2.23. The minimum atomic E-state index is -0.985. The smallest absolute Gasteiger partial charge is 0.246 e. The number of primary amides is 1. The van der Waals surface area contributed by atoms with E-state index < -0.39 is 35.9 Å². The maximum absolute atomic E-state index is 13.8. The molecule has 0 spiro atoms. The van der Waals surface area contributed by atoms with Crippen LogP contribution in [0.2, 0.25) is 0 Å². The van der Waals surface area contributed by atoms with Crippen LogP contribution in [0.25, 0.3) is 0 Å². The summed E-state index contributed by atoms with van der Waals surface area (Å²) in [5, 5.41) is 30.9. The van der Waals surface area contributed by atoms with Gasteiger partial charge in [-0.15, -0.1) is 0 Å². The summed E-state index contributed by atoms with van der Waals surface area (Å²) in [7, 11) is 0. The molecule has 0 fully saturated rings. The van der Waals surface area contributed by atoms with Gasteiger partial charge in [-0.2, -0.15) is 0 Å². The number of aryl methyl sites for hydroxylation is 2. The molecular formula is C25H36N8O3. The second kappa shape index (κ2) is 12.4. The first kappa shape index (κ1) is 28.0. The number of hydrogen-bond acceptors (Lipinski definition) is 5. The zero-order valence-electron chi connectivity index (χ0n) is 20.8.